The molecule has 6 nitrogen and oxygen atoms in total. The number of aliphatic carboxylic acids is 1. The quantitative estimate of drug-likeness (QED) is 0.734. The first-order valence-corrected chi connectivity index (χ1v) is 5.74. The van der Waals surface area contributed by atoms with E-state index in [1.807, 2.05) is 18.5 Å². The topological polar surface area (TPSA) is 83.3 Å². The highest BCUT2D eigenvalue weighted by Crippen LogP contribution is 2.24. The van der Waals surface area contributed by atoms with Crippen molar-refractivity contribution in [3.63, 3.8) is 0 Å². The number of aromatic amines is 1. The predicted molar refractivity (Wildman–Crippen MR) is 62.0 cm³/mol. The van der Waals surface area contributed by atoms with Crippen molar-refractivity contribution in [2.45, 2.75) is 6.42 Å². The van der Waals surface area contributed by atoms with E-state index in [0.717, 1.165) is 10.6 Å². The number of rotatable bonds is 3. The lowest BCUT2D eigenvalue weighted by atomic mass is 10.3. The van der Waals surface area contributed by atoms with Gasteiger partial charge in [-0.1, -0.05) is 11.3 Å². The molecule has 3 heterocycles. The predicted octanol–water partition coefficient (Wildman–Crippen LogP) is 1.41. The minimum atomic E-state index is -0.887. The Labute approximate surface area is 99.5 Å². The van der Waals surface area contributed by atoms with Gasteiger partial charge in [0.15, 0.2) is 0 Å². The number of H-pyrrole nitrogens is 1. The monoisotopic (exact) mass is 248 g/mol. The van der Waals surface area contributed by atoms with Gasteiger partial charge < -0.3 is 10.1 Å². The van der Waals surface area contributed by atoms with Crippen LogP contribution in [0, 0.1) is 0 Å². The first-order chi connectivity index (χ1) is 8.22. The van der Waals surface area contributed by atoms with E-state index in [1.54, 1.807) is 10.7 Å². The first-order valence-electron chi connectivity index (χ1n) is 4.92. The van der Waals surface area contributed by atoms with Crippen LogP contribution in [0.2, 0.25) is 0 Å². The first kappa shape index (κ1) is 10.0. The Balaban J connectivity index is 1.99. The Morgan fingerprint density at radius 3 is 3.12 bits per heavy atom. The Hall–Kier alpha value is -2.15. The summed E-state index contributed by atoms with van der Waals surface area (Å²) in [5, 5.41) is 13.9. The summed E-state index contributed by atoms with van der Waals surface area (Å²) < 4.78 is 1.62. The van der Waals surface area contributed by atoms with Crippen LogP contribution < -0.4 is 0 Å². The Bertz CT molecular complexity index is 636. The normalized spacial score (nSPS) is 11.1. The minimum Gasteiger partial charge on any atom is -0.481 e. The average molecular weight is 248 g/mol. The van der Waals surface area contributed by atoms with Crippen LogP contribution in [-0.4, -0.2) is 30.7 Å². The number of hydrogen-bond acceptors (Lipinski definition) is 4. The molecule has 0 saturated heterocycles. The summed E-state index contributed by atoms with van der Waals surface area (Å²) in [6.45, 7) is 0. The van der Waals surface area contributed by atoms with Crippen molar-refractivity contribution in [3.05, 3.63) is 30.4 Å². The van der Waals surface area contributed by atoms with Gasteiger partial charge in [-0.2, -0.15) is 5.10 Å². The van der Waals surface area contributed by atoms with Gasteiger partial charge in [-0.25, -0.2) is 9.50 Å². The molecule has 7 heteroatoms. The smallest absolute Gasteiger partial charge is 0.309 e. The van der Waals surface area contributed by atoms with Crippen LogP contribution in [-0.2, 0) is 11.2 Å². The molecule has 0 spiro atoms. The number of nitrogens with one attached hydrogen (secondary N) is 1. The summed E-state index contributed by atoms with van der Waals surface area (Å²) >= 11 is 1.43. The molecular formula is C10H8N4O2S. The molecule has 17 heavy (non-hydrogen) atoms. The van der Waals surface area contributed by atoms with Gasteiger partial charge in [0, 0.05) is 18.0 Å². The van der Waals surface area contributed by atoms with Crippen LogP contribution in [0.25, 0.3) is 15.5 Å². The van der Waals surface area contributed by atoms with E-state index in [0.29, 0.717) is 10.7 Å². The molecule has 86 valence electrons. The molecule has 0 atom stereocenters. The van der Waals surface area contributed by atoms with Gasteiger partial charge in [0.1, 0.15) is 5.01 Å². The largest absolute Gasteiger partial charge is 0.481 e. The summed E-state index contributed by atoms with van der Waals surface area (Å²) in [5.41, 5.74) is 1.53. The van der Waals surface area contributed by atoms with E-state index in [9.17, 15) is 4.79 Å². The molecule has 0 saturated carbocycles. The lowest BCUT2D eigenvalue weighted by molar-refractivity contribution is -0.136. The second-order valence-corrected chi connectivity index (χ2v) is 4.49. The zero-order valence-corrected chi connectivity index (χ0v) is 9.44. The van der Waals surface area contributed by atoms with E-state index in [-0.39, 0.29) is 6.42 Å². The molecule has 0 aliphatic heterocycles. The Kier molecular flexibility index (Phi) is 2.19. The van der Waals surface area contributed by atoms with Gasteiger partial charge in [-0.05, 0) is 6.07 Å². The fraction of sp³-hybridized carbons (Fsp3) is 0.100. The average Bonchev–Trinajstić information content (AvgIpc) is 2.86. The van der Waals surface area contributed by atoms with Crippen molar-refractivity contribution in [1.82, 2.24) is 19.6 Å². The van der Waals surface area contributed by atoms with Crippen LogP contribution >= 0.6 is 11.3 Å². The van der Waals surface area contributed by atoms with Crippen LogP contribution in [0.15, 0.2) is 24.7 Å². The summed E-state index contributed by atoms with van der Waals surface area (Å²) in [5.74, 6) is -0.887. The number of carboxylic acids is 1. The van der Waals surface area contributed by atoms with Gasteiger partial charge in [0.05, 0.1) is 18.3 Å². The molecule has 3 aromatic rings. The van der Waals surface area contributed by atoms with Crippen molar-refractivity contribution in [3.8, 4) is 10.6 Å². The van der Waals surface area contributed by atoms with E-state index < -0.39 is 5.97 Å². The summed E-state index contributed by atoms with van der Waals surface area (Å²) in [7, 11) is 0. The summed E-state index contributed by atoms with van der Waals surface area (Å²) in [6.07, 6.45) is 5.26. The number of nitrogens with zero attached hydrogens (tertiary/aromatic N) is 3. The Morgan fingerprint density at radius 2 is 2.47 bits per heavy atom. The summed E-state index contributed by atoms with van der Waals surface area (Å²) in [6, 6.07) is 1.93. The third-order valence-corrected chi connectivity index (χ3v) is 3.24. The van der Waals surface area contributed by atoms with Gasteiger partial charge >= 0.3 is 5.97 Å². The Morgan fingerprint density at radius 1 is 1.59 bits per heavy atom. The highest BCUT2D eigenvalue weighted by Gasteiger charge is 2.11. The van der Waals surface area contributed by atoms with Gasteiger partial charge in [-0.3, -0.25) is 4.79 Å². The highest BCUT2D eigenvalue weighted by atomic mass is 32.1. The van der Waals surface area contributed by atoms with Crippen molar-refractivity contribution in [2.75, 3.05) is 0 Å². The van der Waals surface area contributed by atoms with E-state index in [4.69, 9.17) is 5.11 Å². The van der Waals surface area contributed by atoms with Gasteiger partial charge in [-0.15, -0.1) is 0 Å². The van der Waals surface area contributed by atoms with Crippen molar-refractivity contribution < 1.29 is 9.90 Å². The fourth-order valence-corrected chi connectivity index (χ4v) is 2.46. The lowest BCUT2D eigenvalue weighted by Crippen LogP contribution is -1.99. The zero-order chi connectivity index (χ0) is 11.8. The van der Waals surface area contributed by atoms with Gasteiger partial charge in [0.25, 0.3) is 0 Å². The molecule has 0 aromatic carbocycles. The maximum atomic E-state index is 10.6. The van der Waals surface area contributed by atoms with E-state index >= 15 is 0 Å². The van der Waals surface area contributed by atoms with Crippen LogP contribution in [0.5, 0.6) is 0 Å². The van der Waals surface area contributed by atoms with Crippen LogP contribution in [0.1, 0.15) is 5.69 Å². The lowest BCUT2D eigenvalue weighted by Gasteiger charge is -1.87. The third kappa shape index (κ3) is 1.80. The number of fused-ring (bicyclic) bond motifs is 1. The molecule has 0 amide bonds. The molecule has 0 aliphatic carbocycles. The molecule has 0 unspecified atom stereocenters. The van der Waals surface area contributed by atoms with E-state index in [2.05, 4.69) is 15.1 Å². The van der Waals surface area contributed by atoms with Crippen LogP contribution in [0.3, 0.4) is 0 Å². The second-order valence-electron chi connectivity index (χ2n) is 3.54. The highest BCUT2D eigenvalue weighted by molar-refractivity contribution is 7.19. The van der Waals surface area contributed by atoms with Crippen molar-refractivity contribution in [1.29, 1.82) is 0 Å². The maximum absolute atomic E-state index is 10.6. The molecule has 0 aliphatic rings. The number of imidazole rings is 1. The molecular weight excluding hydrogens is 240 g/mol. The van der Waals surface area contributed by atoms with E-state index in [1.165, 1.54) is 11.3 Å². The number of aromatic nitrogens is 4. The third-order valence-electron chi connectivity index (χ3n) is 2.27. The van der Waals surface area contributed by atoms with Crippen molar-refractivity contribution in [2.24, 2.45) is 0 Å². The minimum absolute atomic E-state index is 0.0738. The zero-order valence-electron chi connectivity index (χ0n) is 8.62. The second kappa shape index (κ2) is 3.70. The molecule has 0 radical (unpaired) electrons. The fourth-order valence-electron chi connectivity index (χ4n) is 1.56. The molecule has 2 N–H and O–H groups in total. The number of carboxylic acid groups (broad SMARTS) is 1. The summed E-state index contributed by atoms with van der Waals surface area (Å²) in [4.78, 5) is 18.4. The van der Waals surface area contributed by atoms with Gasteiger partial charge in [0.2, 0.25) is 4.96 Å². The standard InChI is InChI=1S/C10H8N4O2S/c15-8(16)3-7-5-14-10(12-7)17-9(13-14)6-1-2-11-4-6/h1-2,4-5,11H,3H2,(H,15,16). The molecule has 3 rings (SSSR count). The molecule has 0 fully saturated rings. The SMILES string of the molecule is O=C(O)Cc1cn2nc(-c3cc[nH]c3)sc2n1. The maximum Gasteiger partial charge on any atom is 0.309 e. The van der Waals surface area contributed by atoms with Crippen molar-refractivity contribution >= 4 is 22.3 Å². The van der Waals surface area contributed by atoms with Crippen LogP contribution in [0.4, 0.5) is 0 Å². The molecule has 0 bridgehead atoms. The number of hydrogen-bond donors (Lipinski definition) is 2. The molecule has 3 aromatic heterocycles. The number of carbonyl (C=O) groups is 1.